The summed E-state index contributed by atoms with van der Waals surface area (Å²) in [5, 5.41) is 11.3. The number of alkyl halides is 3. The number of rotatable bonds is 2. The lowest BCUT2D eigenvalue weighted by molar-refractivity contribution is -0.165. The maximum Gasteiger partial charge on any atom is 0.405 e. The molecule has 100 valence electrons. The van der Waals surface area contributed by atoms with E-state index in [1.807, 2.05) is 0 Å². The molecule has 0 radical (unpaired) electrons. The highest BCUT2D eigenvalue weighted by Crippen LogP contribution is 2.31. The molecule has 2 rings (SSSR count). The summed E-state index contributed by atoms with van der Waals surface area (Å²) in [6, 6.07) is 1.12. The number of carbonyl (C=O) groups excluding carboxylic acids is 1. The number of hydrogen-bond acceptors (Lipinski definition) is 3. The van der Waals surface area contributed by atoms with E-state index in [1.165, 1.54) is 6.07 Å². The van der Waals surface area contributed by atoms with Gasteiger partial charge in [-0.3, -0.25) is 9.69 Å². The highest BCUT2D eigenvalue weighted by atomic mass is 19.4. The van der Waals surface area contributed by atoms with Gasteiger partial charge >= 0.3 is 6.18 Å². The van der Waals surface area contributed by atoms with Gasteiger partial charge in [-0.2, -0.15) is 18.4 Å². The first-order chi connectivity index (χ1) is 8.43. The monoisotopic (exact) mass is 261 g/mol. The second-order valence-electron chi connectivity index (χ2n) is 4.78. The number of nitriles is 1. The molecule has 0 aliphatic carbocycles. The summed E-state index contributed by atoms with van der Waals surface area (Å²) in [5.41, 5.74) is 0. The molecule has 2 aliphatic heterocycles. The molecule has 0 aromatic heterocycles. The van der Waals surface area contributed by atoms with Gasteiger partial charge in [0.2, 0.25) is 5.91 Å². The number of nitrogens with zero attached hydrogens (tertiary/aromatic N) is 2. The van der Waals surface area contributed by atoms with E-state index < -0.39 is 12.1 Å². The molecule has 0 saturated carbocycles. The minimum atomic E-state index is -4.50. The van der Waals surface area contributed by atoms with Crippen LogP contribution in [-0.4, -0.2) is 42.7 Å². The van der Waals surface area contributed by atoms with Gasteiger partial charge in [0.1, 0.15) is 0 Å². The number of carbonyl (C=O) groups is 1. The zero-order valence-electron chi connectivity index (χ0n) is 9.70. The largest absolute Gasteiger partial charge is 0.405 e. The number of likely N-dealkylation sites (tertiary alicyclic amines) is 1. The minimum Gasteiger partial charge on any atom is -0.354 e. The van der Waals surface area contributed by atoms with Gasteiger partial charge in [0.25, 0.3) is 0 Å². The van der Waals surface area contributed by atoms with E-state index in [0.717, 1.165) is 6.42 Å². The molecule has 1 N–H and O–H groups in total. The lowest BCUT2D eigenvalue weighted by Crippen LogP contribution is -2.49. The van der Waals surface area contributed by atoms with Crippen LogP contribution in [0.25, 0.3) is 0 Å². The lowest BCUT2D eigenvalue weighted by atomic mass is 9.90. The van der Waals surface area contributed by atoms with Crippen LogP contribution in [0, 0.1) is 23.2 Å². The molecule has 1 amide bonds. The Bertz CT molecular complexity index is 377. The molecule has 0 aromatic carbocycles. The van der Waals surface area contributed by atoms with Gasteiger partial charge in [0, 0.05) is 19.1 Å². The van der Waals surface area contributed by atoms with Gasteiger partial charge in [-0.05, 0) is 19.4 Å². The second kappa shape index (κ2) is 4.76. The summed E-state index contributed by atoms with van der Waals surface area (Å²) in [7, 11) is 0. The van der Waals surface area contributed by atoms with E-state index in [-0.39, 0.29) is 24.4 Å². The van der Waals surface area contributed by atoms with Crippen molar-refractivity contribution in [2.24, 2.45) is 11.8 Å². The van der Waals surface area contributed by atoms with E-state index >= 15 is 0 Å². The normalized spacial score (nSPS) is 30.4. The van der Waals surface area contributed by atoms with E-state index in [0.29, 0.717) is 19.5 Å². The van der Waals surface area contributed by atoms with Crippen molar-refractivity contribution in [1.82, 2.24) is 10.2 Å². The van der Waals surface area contributed by atoms with E-state index in [1.54, 1.807) is 4.90 Å². The van der Waals surface area contributed by atoms with Crippen molar-refractivity contribution in [3.63, 3.8) is 0 Å². The molecule has 0 spiro atoms. The van der Waals surface area contributed by atoms with Gasteiger partial charge in [0.05, 0.1) is 12.0 Å². The number of nitrogens with one attached hydrogen (secondary N) is 1. The maximum absolute atomic E-state index is 12.6. The first-order valence-corrected chi connectivity index (χ1v) is 5.91. The smallest absolute Gasteiger partial charge is 0.354 e. The summed E-state index contributed by atoms with van der Waals surface area (Å²) >= 11 is 0. The van der Waals surface area contributed by atoms with Crippen LogP contribution in [0.4, 0.5) is 13.2 Å². The van der Waals surface area contributed by atoms with Crippen LogP contribution in [0.15, 0.2) is 0 Å². The van der Waals surface area contributed by atoms with Crippen molar-refractivity contribution in [2.75, 3.05) is 19.6 Å². The molecule has 0 bridgehead atoms. The van der Waals surface area contributed by atoms with E-state index in [9.17, 15) is 18.0 Å². The molecule has 2 saturated heterocycles. The predicted molar refractivity (Wildman–Crippen MR) is 56.3 cm³/mol. The lowest BCUT2D eigenvalue weighted by Gasteiger charge is -2.37. The predicted octanol–water partition coefficient (Wildman–Crippen LogP) is 0.899. The third-order valence-electron chi connectivity index (χ3n) is 3.68. The van der Waals surface area contributed by atoms with Crippen LogP contribution in [0.5, 0.6) is 0 Å². The Morgan fingerprint density at radius 2 is 2.28 bits per heavy atom. The molecule has 4 nitrogen and oxygen atoms in total. The Labute approximate surface area is 103 Å². The zero-order chi connectivity index (χ0) is 13.3. The number of fused-ring (bicyclic) bond motifs is 1. The van der Waals surface area contributed by atoms with Gasteiger partial charge in [-0.1, -0.05) is 0 Å². The van der Waals surface area contributed by atoms with Gasteiger partial charge < -0.3 is 5.32 Å². The number of amides is 1. The number of halogens is 3. The summed E-state index contributed by atoms with van der Waals surface area (Å²) in [5.74, 6) is -2.27. The van der Waals surface area contributed by atoms with E-state index in [4.69, 9.17) is 5.26 Å². The van der Waals surface area contributed by atoms with Crippen molar-refractivity contribution in [3.8, 4) is 6.07 Å². The fourth-order valence-corrected chi connectivity index (χ4v) is 2.72. The molecular formula is C11H14F3N3O. The van der Waals surface area contributed by atoms with Crippen molar-refractivity contribution >= 4 is 5.91 Å². The van der Waals surface area contributed by atoms with Gasteiger partial charge in [0.15, 0.2) is 5.92 Å². The fourth-order valence-electron chi connectivity index (χ4n) is 2.72. The van der Waals surface area contributed by atoms with Gasteiger partial charge in [-0.15, -0.1) is 0 Å². The summed E-state index contributed by atoms with van der Waals surface area (Å²) in [4.78, 5) is 13.1. The van der Waals surface area contributed by atoms with Crippen LogP contribution < -0.4 is 5.32 Å². The third-order valence-corrected chi connectivity index (χ3v) is 3.68. The third kappa shape index (κ3) is 2.43. The quantitative estimate of drug-likeness (QED) is 0.803. The van der Waals surface area contributed by atoms with Crippen LogP contribution in [0.2, 0.25) is 0 Å². The molecule has 2 heterocycles. The van der Waals surface area contributed by atoms with Crippen LogP contribution >= 0.6 is 0 Å². The Kier molecular flexibility index (Phi) is 3.48. The van der Waals surface area contributed by atoms with Crippen molar-refractivity contribution in [1.29, 1.82) is 5.26 Å². The average molecular weight is 261 g/mol. The first kappa shape index (κ1) is 13.1. The Morgan fingerprint density at radius 3 is 2.89 bits per heavy atom. The molecule has 2 aliphatic rings. The number of hydrogen-bond donors (Lipinski definition) is 1. The highest BCUT2D eigenvalue weighted by molar-refractivity contribution is 5.82. The highest BCUT2D eigenvalue weighted by Gasteiger charge is 2.46. The molecule has 7 heteroatoms. The van der Waals surface area contributed by atoms with Crippen molar-refractivity contribution in [3.05, 3.63) is 0 Å². The molecule has 18 heavy (non-hydrogen) atoms. The summed E-state index contributed by atoms with van der Waals surface area (Å²) in [6.07, 6.45) is -3.08. The SMILES string of the molecule is N#CC(CN1CCCC2C(=O)NCC21)C(F)(F)F. The summed E-state index contributed by atoms with van der Waals surface area (Å²) in [6.45, 7) is 0.569. The topological polar surface area (TPSA) is 56.1 Å². The average Bonchev–Trinajstić information content (AvgIpc) is 2.67. The first-order valence-electron chi connectivity index (χ1n) is 5.91. The minimum absolute atomic E-state index is 0.0785. The second-order valence-corrected chi connectivity index (χ2v) is 4.78. The zero-order valence-corrected chi connectivity index (χ0v) is 9.70. The molecule has 0 aromatic rings. The van der Waals surface area contributed by atoms with Crippen LogP contribution in [0.1, 0.15) is 12.8 Å². The molecule has 3 atom stereocenters. The van der Waals surface area contributed by atoms with Crippen LogP contribution in [0.3, 0.4) is 0 Å². The van der Waals surface area contributed by atoms with Crippen molar-refractivity contribution < 1.29 is 18.0 Å². The molecule has 3 unspecified atom stereocenters. The Hall–Kier alpha value is -1.29. The molecular weight excluding hydrogens is 247 g/mol. The van der Waals surface area contributed by atoms with Crippen molar-refractivity contribution in [2.45, 2.75) is 25.1 Å². The standard InChI is InChI=1S/C11H14F3N3O/c12-11(13,14)7(4-15)6-17-3-1-2-8-9(17)5-16-10(8)18/h7-9H,1-3,5-6H2,(H,16,18). The summed E-state index contributed by atoms with van der Waals surface area (Å²) < 4.78 is 37.7. The maximum atomic E-state index is 12.6. The van der Waals surface area contributed by atoms with E-state index in [2.05, 4.69) is 5.32 Å². The Balaban J connectivity index is 2.05. The number of piperidine rings is 1. The fraction of sp³-hybridized carbons (Fsp3) is 0.818. The van der Waals surface area contributed by atoms with Crippen LogP contribution in [-0.2, 0) is 4.79 Å². The molecule has 2 fully saturated rings. The Morgan fingerprint density at radius 1 is 1.56 bits per heavy atom. The van der Waals surface area contributed by atoms with Gasteiger partial charge in [-0.25, -0.2) is 0 Å².